The van der Waals surface area contributed by atoms with Gasteiger partial charge in [-0.2, -0.15) is 0 Å². The van der Waals surface area contributed by atoms with Gasteiger partial charge in [0.15, 0.2) is 0 Å². The third-order valence-corrected chi connectivity index (χ3v) is 3.38. The average molecular weight is 274 g/mol. The lowest BCUT2D eigenvalue weighted by Crippen LogP contribution is -2.51. The first kappa shape index (κ1) is 15.7. The van der Waals surface area contributed by atoms with E-state index >= 15 is 0 Å². The molecule has 1 aliphatic carbocycles. The van der Waals surface area contributed by atoms with Crippen molar-refractivity contribution in [1.29, 1.82) is 0 Å². The molecule has 0 saturated heterocycles. The molecule has 0 aromatic carbocycles. The number of aliphatic hydroxyl groups is 2. The van der Waals surface area contributed by atoms with Gasteiger partial charge in [0.25, 0.3) is 0 Å². The third kappa shape index (κ3) is 4.68. The highest BCUT2D eigenvalue weighted by molar-refractivity contribution is 5.82. The number of carbonyl (C=O) groups is 2. The molecule has 1 rings (SSSR count). The summed E-state index contributed by atoms with van der Waals surface area (Å²) in [6.07, 6.45) is 3.81. The highest BCUT2D eigenvalue weighted by atomic mass is 16.4. The molecule has 0 radical (unpaired) electrons. The van der Waals surface area contributed by atoms with Crippen LogP contribution in [0.5, 0.6) is 0 Å². The number of hydrogen-bond donors (Lipinski definition) is 4. The van der Waals surface area contributed by atoms with E-state index in [9.17, 15) is 9.59 Å². The van der Waals surface area contributed by atoms with Crippen LogP contribution in [0.4, 0.5) is 4.79 Å². The molecule has 110 valence electrons. The molecule has 0 heterocycles. The maximum absolute atomic E-state index is 12.1. The predicted molar refractivity (Wildman–Crippen MR) is 67.7 cm³/mol. The van der Waals surface area contributed by atoms with Crippen LogP contribution in [-0.2, 0) is 4.79 Å². The lowest BCUT2D eigenvalue weighted by molar-refractivity contribution is -0.139. The summed E-state index contributed by atoms with van der Waals surface area (Å²) in [4.78, 5) is 24.5. The summed E-state index contributed by atoms with van der Waals surface area (Å²) < 4.78 is 0. The topological polar surface area (TPSA) is 110 Å². The normalized spacial score (nSPS) is 17.2. The van der Waals surface area contributed by atoms with Crippen molar-refractivity contribution in [3.8, 4) is 0 Å². The van der Waals surface area contributed by atoms with Crippen LogP contribution in [0.3, 0.4) is 0 Å². The lowest BCUT2D eigenvalue weighted by Gasteiger charge is -2.29. The molecule has 0 bridgehead atoms. The number of aliphatic hydroxyl groups excluding tert-OH is 2. The Morgan fingerprint density at radius 3 is 2.32 bits per heavy atom. The van der Waals surface area contributed by atoms with E-state index in [0.717, 1.165) is 25.7 Å². The zero-order valence-electron chi connectivity index (χ0n) is 10.9. The van der Waals surface area contributed by atoms with Gasteiger partial charge in [0, 0.05) is 25.6 Å². The van der Waals surface area contributed by atoms with Crippen molar-refractivity contribution in [2.24, 2.45) is 0 Å². The first-order chi connectivity index (χ1) is 9.10. The van der Waals surface area contributed by atoms with Crippen LogP contribution in [0.1, 0.15) is 32.1 Å². The summed E-state index contributed by atoms with van der Waals surface area (Å²) in [6, 6.07) is -1.52. The summed E-state index contributed by atoms with van der Waals surface area (Å²) in [7, 11) is 0. The van der Waals surface area contributed by atoms with E-state index < -0.39 is 18.0 Å². The zero-order valence-corrected chi connectivity index (χ0v) is 10.9. The van der Waals surface area contributed by atoms with E-state index in [1.807, 2.05) is 0 Å². The van der Waals surface area contributed by atoms with E-state index in [4.69, 9.17) is 15.3 Å². The number of nitrogens with one attached hydrogen (secondary N) is 1. The third-order valence-electron chi connectivity index (χ3n) is 3.38. The smallest absolute Gasteiger partial charge is 0.326 e. The number of hydrogen-bond acceptors (Lipinski definition) is 4. The van der Waals surface area contributed by atoms with Crippen molar-refractivity contribution >= 4 is 12.0 Å². The molecular formula is C12H22N2O5. The maximum atomic E-state index is 12.1. The second-order valence-electron chi connectivity index (χ2n) is 4.71. The van der Waals surface area contributed by atoms with Gasteiger partial charge in [-0.1, -0.05) is 12.8 Å². The minimum Gasteiger partial charge on any atom is -0.480 e. The molecule has 1 atom stereocenters. The zero-order chi connectivity index (χ0) is 14.3. The summed E-state index contributed by atoms with van der Waals surface area (Å²) in [5.74, 6) is -1.17. The largest absolute Gasteiger partial charge is 0.480 e. The predicted octanol–water partition coefficient (Wildman–Crippen LogP) is -0.231. The van der Waals surface area contributed by atoms with Crippen LogP contribution in [0.2, 0.25) is 0 Å². The van der Waals surface area contributed by atoms with Crippen LogP contribution < -0.4 is 5.32 Å². The van der Waals surface area contributed by atoms with Gasteiger partial charge in [-0.15, -0.1) is 0 Å². The minimum absolute atomic E-state index is 0.0291. The Morgan fingerprint density at radius 1 is 1.21 bits per heavy atom. The van der Waals surface area contributed by atoms with Crippen LogP contribution >= 0.6 is 0 Å². The Morgan fingerprint density at radius 2 is 1.84 bits per heavy atom. The molecule has 19 heavy (non-hydrogen) atoms. The van der Waals surface area contributed by atoms with Crippen LogP contribution in [0.25, 0.3) is 0 Å². The fraction of sp³-hybridized carbons (Fsp3) is 0.833. The number of carboxylic acids is 1. The monoisotopic (exact) mass is 274 g/mol. The van der Waals surface area contributed by atoms with Gasteiger partial charge in [-0.3, -0.25) is 0 Å². The van der Waals surface area contributed by atoms with Crippen LogP contribution in [-0.4, -0.2) is 64.1 Å². The molecule has 0 spiro atoms. The summed E-state index contributed by atoms with van der Waals surface area (Å²) in [5.41, 5.74) is 0. The Hall–Kier alpha value is -1.34. The number of aliphatic carboxylic acids is 1. The van der Waals surface area contributed by atoms with Gasteiger partial charge in [0.1, 0.15) is 6.04 Å². The van der Waals surface area contributed by atoms with Gasteiger partial charge in [-0.05, 0) is 12.8 Å². The van der Waals surface area contributed by atoms with E-state index in [0.29, 0.717) is 0 Å². The number of nitrogens with zero attached hydrogens (tertiary/aromatic N) is 1. The molecule has 7 heteroatoms. The number of amides is 2. The second kappa shape index (κ2) is 7.96. The molecule has 2 amide bonds. The van der Waals surface area contributed by atoms with Crippen LogP contribution in [0.15, 0.2) is 0 Å². The standard InChI is InChI=1S/C12H22N2O5/c15-7-5-10(11(17)18)13-12(19)14(6-8-16)9-3-1-2-4-9/h9-10,15-16H,1-8H2,(H,13,19)(H,17,18)/t10-/m0/s1. The maximum Gasteiger partial charge on any atom is 0.326 e. The Balaban J connectivity index is 2.61. The molecule has 4 N–H and O–H groups in total. The molecule has 1 saturated carbocycles. The highest BCUT2D eigenvalue weighted by Gasteiger charge is 2.29. The van der Waals surface area contributed by atoms with Crippen molar-refractivity contribution in [2.75, 3.05) is 19.8 Å². The average Bonchev–Trinajstić information content (AvgIpc) is 2.88. The number of carboxylic acid groups (broad SMARTS) is 1. The Labute approximate surface area is 112 Å². The van der Waals surface area contributed by atoms with E-state index in [1.165, 1.54) is 4.90 Å². The lowest BCUT2D eigenvalue weighted by atomic mass is 10.2. The van der Waals surface area contributed by atoms with Crippen molar-refractivity contribution in [3.63, 3.8) is 0 Å². The summed E-state index contributed by atoms with van der Waals surface area (Å²) in [5, 5.41) is 29.1. The van der Waals surface area contributed by atoms with Crippen molar-refractivity contribution in [3.05, 3.63) is 0 Å². The fourth-order valence-corrected chi connectivity index (χ4v) is 2.39. The molecule has 7 nitrogen and oxygen atoms in total. The van der Waals surface area contributed by atoms with Gasteiger partial charge in [0.2, 0.25) is 0 Å². The summed E-state index contributed by atoms with van der Waals surface area (Å²) >= 11 is 0. The van der Waals surface area contributed by atoms with Gasteiger partial charge < -0.3 is 25.5 Å². The highest BCUT2D eigenvalue weighted by Crippen LogP contribution is 2.23. The van der Waals surface area contributed by atoms with Crippen molar-refractivity contribution in [2.45, 2.75) is 44.2 Å². The van der Waals surface area contributed by atoms with Crippen molar-refractivity contribution in [1.82, 2.24) is 10.2 Å². The number of rotatable bonds is 7. The first-order valence-electron chi connectivity index (χ1n) is 6.61. The van der Waals surface area contributed by atoms with Gasteiger partial charge >= 0.3 is 12.0 Å². The van der Waals surface area contributed by atoms with E-state index in [-0.39, 0.29) is 32.2 Å². The quantitative estimate of drug-likeness (QED) is 0.512. The molecule has 0 aliphatic heterocycles. The fourth-order valence-electron chi connectivity index (χ4n) is 2.39. The molecule has 0 aromatic rings. The molecule has 0 aromatic heterocycles. The molecule has 0 unspecified atom stereocenters. The number of carbonyl (C=O) groups excluding carboxylic acids is 1. The van der Waals surface area contributed by atoms with Crippen LogP contribution in [0, 0.1) is 0 Å². The van der Waals surface area contributed by atoms with E-state index in [2.05, 4.69) is 5.32 Å². The summed E-state index contributed by atoms with van der Waals surface area (Å²) in [6.45, 7) is -0.260. The molecule has 1 fully saturated rings. The number of urea groups is 1. The Bertz CT molecular complexity index is 304. The minimum atomic E-state index is -1.17. The Kier molecular flexibility index (Phi) is 6.58. The first-order valence-corrected chi connectivity index (χ1v) is 6.61. The van der Waals surface area contributed by atoms with E-state index in [1.54, 1.807) is 0 Å². The van der Waals surface area contributed by atoms with Gasteiger partial charge in [0.05, 0.1) is 6.61 Å². The second-order valence-corrected chi connectivity index (χ2v) is 4.71. The molecule has 1 aliphatic rings. The molecular weight excluding hydrogens is 252 g/mol. The van der Waals surface area contributed by atoms with Crippen molar-refractivity contribution < 1.29 is 24.9 Å². The SMILES string of the molecule is O=C(O)[C@H](CCO)NC(=O)N(CCO)C1CCCC1. The van der Waals surface area contributed by atoms with Gasteiger partial charge in [-0.25, -0.2) is 9.59 Å².